The van der Waals surface area contributed by atoms with Gasteiger partial charge in [0.2, 0.25) is 5.95 Å². The van der Waals surface area contributed by atoms with Gasteiger partial charge in [0.05, 0.1) is 17.0 Å². The molecule has 0 spiro atoms. The van der Waals surface area contributed by atoms with Crippen LogP contribution in [0.5, 0.6) is 0 Å². The van der Waals surface area contributed by atoms with Crippen LogP contribution in [0.2, 0.25) is 5.02 Å². The monoisotopic (exact) mass is 459 g/mol. The second-order valence-corrected chi connectivity index (χ2v) is 8.12. The number of fused-ring (bicyclic) bond motifs is 1. The minimum Gasteiger partial charge on any atom is -0.269 e. The standard InChI is InChI=1S/C24H18ClN5O3/c25-18-12-10-17(11-13-18)21-14-22(16-6-2-1-3-7-16)29-24(26-15-27-29)28(21)23(31)19-8-4-5-9-20(19)30(32)33/h1-13,15,21-22H,14H2/t21-,22-/m1/s1. The number of anilines is 1. The number of rotatable bonds is 4. The SMILES string of the molecule is O=C(c1ccccc1[N+](=O)[O-])N1c2ncnn2[C@@H](c2ccccc2)C[C@@H]1c1ccc(Cl)cc1. The summed E-state index contributed by atoms with van der Waals surface area (Å²) in [6.45, 7) is 0. The summed E-state index contributed by atoms with van der Waals surface area (Å²) in [7, 11) is 0. The highest BCUT2D eigenvalue weighted by Gasteiger charge is 2.41. The first-order valence-electron chi connectivity index (χ1n) is 10.3. The molecule has 9 heteroatoms. The molecule has 0 saturated heterocycles. The van der Waals surface area contributed by atoms with Crippen LogP contribution in [0, 0.1) is 10.1 Å². The van der Waals surface area contributed by atoms with Gasteiger partial charge in [-0.2, -0.15) is 10.1 Å². The average Bonchev–Trinajstić information content (AvgIpc) is 3.33. The van der Waals surface area contributed by atoms with E-state index in [2.05, 4.69) is 10.1 Å². The van der Waals surface area contributed by atoms with Crippen LogP contribution in [-0.4, -0.2) is 25.6 Å². The molecule has 0 aliphatic carbocycles. The fourth-order valence-electron chi connectivity index (χ4n) is 4.29. The topological polar surface area (TPSA) is 94.2 Å². The molecule has 0 fully saturated rings. The van der Waals surface area contributed by atoms with Crippen LogP contribution in [0.15, 0.2) is 85.2 Å². The highest BCUT2D eigenvalue weighted by atomic mass is 35.5. The molecule has 0 radical (unpaired) electrons. The number of benzene rings is 3. The van der Waals surface area contributed by atoms with Gasteiger partial charge in [-0.1, -0.05) is 66.2 Å². The molecule has 3 aromatic carbocycles. The summed E-state index contributed by atoms with van der Waals surface area (Å²) in [6.07, 6.45) is 1.91. The van der Waals surface area contributed by atoms with E-state index in [1.165, 1.54) is 29.4 Å². The molecule has 1 aliphatic rings. The van der Waals surface area contributed by atoms with Gasteiger partial charge < -0.3 is 0 Å². The van der Waals surface area contributed by atoms with Crippen molar-refractivity contribution in [3.05, 3.63) is 117 Å². The maximum Gasteiger partial charge on any atom is 0.282 e. The highest BCUT2D eigenvalue weighted by Crippen LogP contribution is 2.43. The molecule has 2 atom stereocenters. The summed E-state index contributed by atoms with van der Waals surface area (Å²) in [5.74, 6) is -0.179. The number of nitrogens with zero attached hydrogens (tertiary/aromatic N) is 5. The Kier molecular flexibility index (Phi) is 5.35. The second-order valence-electron chi connectivity index (χ2n) is 7.68. The highest BCUT2D eigenvalue weighted by molar-refractivity contribution is 6.30. The number of aromatic nitrogens is 3. The number of halogens is 1. The zero-order valence-corrected chi connectivity index (χ0v) is 18.0. The lowest BCUT2D eigenvalue weighted by molar-refractivity contribution is -0.385. The third-order valence-electron chi connectivity index (χ3n) is 5.81. The van der Waals surface area contributed by atoms with E-state index >= 15 is 0 Å². The molecular formula is C24H18ClN5O3. The van der Waals surface area contributed by atoms with Crippen molar-refractivity contribution in [3.8, 4) is 0 Å². The molecule has 164 valence electrons. The first-order chi connectivity index (χ1) is 16.0. The fourth-order valence-corrected chi connectivity index (χ4v) is 4.42. The van der Waals surface area contributed by atoms with E-state index in [-0.39, 0.29) is 17.3 Å². The quantitative estimate of drug-likeness (QED) is 0.308. The summed E-state index contributed by atoms with van der Waals surface area (Å²) in [4.78, 5) is 30.7. The predicted octanol–water partition coefficient (Wildman–Crippen LogP) is 5.22. The van der Waals surface area contributed by atoms with Crippen LogP contribution in [0.4, 0.5) is 11.6 Å². The lowest BCUT2D eigenvalue weighted by atomic mass is 9.91. The van der Waals surface area contributed by atoms with Crippen molar-refractivity contribution in [2.75, 3.05) is 4.90 Å². The molecular weight excluding hydrogens is 442 g/mol. The molecule has 33 heavy (non-hydrogen) atoms. The van der Waals surface area contributed by atoms with Gasteiger partial charge in [-0.25, -0.2) is 4.68 Å². The molecule has 0 N–H and O–H groups in total. The number of amides is 1. The summed E-state index contributed by atoms with van der Waals surface area (Å²) < 4.78 is 1.70. The molecule has 1 amide bonds. The molecule has 1 aromatic heterocycles. The Bertz CT molecular complexity index is 1320. The van der Waals surface area contributed by atoms with Crippen molar-refractivity contribution in [2.24, 2.45) is 0 Å². The van der Waals surface area contributed by atoms with Crippen LogP contribution in [-0.2, 0) is 0 Å². The first-order valence-corrected chi connectivity index (χ1v) is 10.7. The van der Waals surface area contributed by atoms with Crippen LogP contribution in [0.1, 0.15) is 40.0 Å². The Morgan fingerprint density at radius 3 is 2.33 bits per heavy atom. The largest absolute Gasteiger partial charge is 0.282 e. The van der Waals surface area contributed by atoms with Crippen molar-refractivity contribution >= 4 is 29.1 Å². The minimum atomic E-state index is -0.550. The van der Waals surface area contributed by atoms with Crippen molar-refractivity contribution in [1.29, 1.82) is 0 Å². The number of para-hydroxylation sites is 1. The summed E-state index contributed by atoms with van der Waals surface area (Å²) >= 11 is 6.11. The zero-order chi connectivity index (χ0) is 22.9. The van der Waals surface area contributed by atoms with E-state index in [0.717, 1.165) is 11.1 Å². The molecule has 8 nitrogen and oxygen atoms in total. The van der Waals surface area contributed by atoms with Crippen LogP contribution >= 0.6 is 11.6 Å². The number of nitro groups is 1. The average molecular weight is 460 g/mol. The Morgan fingerprint density at radius 2 is 1.61 bits per heavy atom. The van der Waals surface area contributed by atoms with Crippen molar-refractivity contribution in [1.82, 2.24) is 14.8 Å². The number of hydrogen-bond acceptors (Lipinski definition) is 5. The Hall–Kier alpha value is -4.04. The van der Waals surface area contributed by atoms with Gasteiger partial charge >= 0.3 is 0 Å². The number of carbonyl (C=O) groups is 1. The van der Waals surface area contributed by atoms with Gasteiger partial charge in [-0.05, 0) is 35.7 Å². The summed E-state index contributed by atoms with van der Waals surface area (Å²) in [5.41, 5.74) is 1.62. The third kappa shape index (κ3) is 3.74. The van der Waals surface area contributed by atoms with Crippen molar-refractivity contribution in [2.45, 2.75) is 18.5 Å². The van der Waals surface area contributed by atoms with Crippen LogP contribution in [0.25, 0.3) is 0 Å². The second kappa shape index (κ2) is 8.48. The molecule has 5 rings (SSSR count). The van der Waals surface area contributed by atoms with Crippen molar-refractivity contribution < 1.29 is 9.72 Å². The maximum atomic E-state index is 13.8. The van der Waals surface area contributed by atoms with Crippen LogP contribution < -0.4 is 4.90 Å². The van der Waals surface area contributed by atoms with Gasteiger partial charge in [-0.3, -0.25) is 19.8 Å². The van der Waals surface area contributed by atoms with Gasteiger partial charge in [-0.15, -0.1) is 0 Å². The lowest BCUT2D eigenvalue weighted by Crippen LogP contribution is -2.42. The minimum absolute atomic E-state index is 0.00539. The van der Waals surface area contributed by atoms with E-state index in [0.29, 0.717) is 17.4 Å². The molecule has 2 heterocycles. The predicted molar refractivity (Wildman–Crippen MR) is 123 cm³/mol. The van der Waals surface area contributed by atoms with Crippen LogP contribution in [0.3, 0.4) is 0 Å². The lowest BCUT2D eigenvalue weighted by Gasteiger charge is -2.39. The Morgan fingerprint density at radius 1 is 0.939 bits per heavy atom. The number of hydrogen-bond donors (Lipinski definition) is 0. The van der Waals surface area contributed by atoms with Gasteiger partial charge in [0.25, 0.3) is 11.6 Å². The summed E-state index contributed by atoms with van der Waals surface area (Å²) in [6, 6.07) is 22.4. The fraction of sp³-hybridized carbons (Fsp3) is 0.125. The zero-order valence-electron chi connectivity index (χ0n) is 17.3. The smallest absolute Gasteiger partial charge is 0.269 e. The number of nitro benzene ring substituents is 1. The molecule has 0 saturated carbocycles. The Labute approximate surface area is 194 Å². The van der Waals surface area contributed by atoms with Crippen molar-refractivity contribution in [3.63, 3.8) is 0 Å². The molecule has 1 aliphatic heterocycles. The maximum absolute atomic E-state index is 13.8. The van der Waals surface area contributed by atoms with Gasteiger partial charge in [0, 0.05) is 11.1 Å². The normalized spacial score (nSPS) is 17.4. The third-order valence-corrected chi connectivity index (χ3v) is 6.06. The van der Waals surface area contributed by atoms with E-state index in [9.17, 15) is 14.9 Å². The molecule has 4 aromatic rings. The number of carbonyl (C=O) groups excluding carboxylic acids is 1. The van der Waals surface area contributed by atoms with E-state index in [1.807, 2.05) is 42.5 Å². The van der Waals surface area contributed by atoms with E-state index in [1.54, 1.807) is 22.9 Å². The first kappa shape index (κ1) is 20.8. The van der Waals surface area contributed by atoms with E-state index < -0.39 is 16.9 Å². The Balaban J connectivity index is 1.67. The molecule has 0 unspecified atom stereocenters. The summed E-state index contributed by atoms with van der Waals surface area (Å²) in [5, 5.41) is 16.6. The van der Waals surface area contributed by atoms with Gasteiger partial charge in [0.1, 0.15) is 11.9 Å². The van der Waals surface area contributed by atoms with Gasteiger partial charge in [0.15, 0.2) is 0 Å². The molecule has 0 bridgehead atoms. The van der Waals surface area contributed by atoms with E-state index in [4.69, 9.17) is 11.6 Å².